The predicted molar refractivity (Wildman–Crippen MR) is 84.0 cm³/mol. The molecule has 1 heterocycles. The molecule has 1 aliphatic carbocycles. The second kappa shape index (κ2) is 7.29. The molecule has 1 nitrogen and oxygen atoms in total. The van der Waals surface area contributed by atoms with Gasteiger partial charge < -0.3 is 0 Å². The van der Waals surface area contributed by atoms with Crippen LogP contribution in [-0.4, -0.2) is 9.67 Å². The fourth-order valence-corrected chi connectivity index (χ4v) is 5.33. The van der Waals surface area contributed by atoms with Gasteiger partial charge in [0.2, 0.25) is 0 Å². The second-order valence-corrected chi connectivity index (χ2v) is 8.47. The molecule has 0 saturated carbocycles. The van der Waals surface area contributed by atoms with Crippen LogP contribution in [0.5, 0.6) is 0 Å². The van der Waals surface area contributed by atoms with E-state index in [0.29, 0.717) is 0 Å². The summed E-state index contributed by atoms with van der Waals surface area (Å²) in [4.78, 5) is 3.78. The zero-order valence-corrected chi connectivity index (χ0v) is 14.9. The van der Waals surface area contributed by atoms with Crippen LogP contribution in [0.2, 0.25) is 0 Å². The van der Waals surface area contributed by atoms with Gasteiger partial charge in [0, 0.05) is 12.4 Å². The van der Waals surface area contributed by atoms with Gasteiger partial charge in [-0.3, -0.25) is 4.98 Å². The van der Waals surface area contributed by atoms with Gasteiger partial charge in [-0.25, -0.2) is 0 Å². The molecule has 0 radical (unpaired) electrons. The van der Waals surface area contributed by atoms with E-state index in [1.54, 1.807) is 12.4 Å². The van der Waals surface area contributed by atoms with Gasteiger partial charge in [-0.05, 0) is 12.1 Å². The van der Waals surface area contributed by atoms with Crippen LogP contribution in [0.25, 0.3) is 11.1 Å². The third kappa shape index (κ3) is 3.92. The van der Waals surface area contributed by atoms with Crippen molar-refractivity contribution in [1.29, 1.82) is 0 Å². The molecule has 0 amide bonds. The molecule has 0 bridgehead atoms. The Morgan fingerprint density at radius 1 is 0.708 bits per heavy atom. The predicted octanol–water partition coefficient (Wildman–Crippen LogP) is 5.44. The standard InChI is InChI=1S/C13H9.C5H5N.CF3.Ir/c1-3-7-12-10(5-1)9-11-6-2-4-8-13(11)12;1-2-4-6-5-3-1;2-1(3)4;/h1-9H;1-5H;;. The van der Waals surface area contributed by atoms with Crippen LogP contribution in [-0.2, 0) is 17.7 Å². The number of rotatable bonds is 1. The molecule has 1 aromatic heterocycles. The Morgan fingerprint density at radius 3 is 1.58 bits per heavy atom. The average Bonchev–Trinajstić information content (AvgIpc) is 2.90. The number of fused-ring (bicyclic) bond motifs is 3. The van der Waals surface area contributed by atoms with Gasteiger partial charge in [0.1, 0.15) is 0 Å². The summed E-state index contributed by atoms with van der Waals surface area (Å²) >= 11 is -2.05. The van der Waals surface area contributed by atoms with E-state index in [1.807, 2.05) is 66.7 Å². The molecule has 125 valence electrons. The average molecular weight is 506 g/mol. The molecule has 0 fully saturated rings. The number of halogens is 3. The Kier molecular flexibility index (Phi) is 5.12. The van der Waals surface area contributed by atoms with Crippen LogP contribution in [0, 0.1) is 0 Å². The molecule has 2 aromatic carbocycles. The maximum absolute atomic E-state index is 12.8. The molecule has 0 saturated heterocycles. The first-order valence-electron chi connectivity index (χ1n) is 7.26. The fraction of sp³-hybridized carbons (Fsp3) is 0.105. The molecule has 1 aliphatic rings. The van der Waals surface area contributed by atoms with Gasteiger partial charge in [-0.2, -0.15) is 0 Å². The molecule has 5 heteroatoms. The van der Waals surface area contributed by atoms with Gasteiger partial charge >= 0.3 is 111 Å². The van der Waals surface area contributed by atoms with Crippen LogP contribution in [0.3, 0.4) is 0 Å². The van der Waals surface area contributed by atoms with E-state index in [9.17, 15) is 13.2 Å². The summed E-state index contributed by atoms with van der Waals surface area (Å²) < 4.78 is 33.8. The third-order valence-electron chi connectivity index (χ3n) is 3.50. The van der Waals surface area contributed by atoms with Gasteiger partial charge in [-0.15, -0.1) is 0 Å². The van der Waals surface area contributed by atoms with E-state index in [4.69, 9.17) is 0 Å². The normalized spacial score (nSPS) is 13.0. The van der Waals surface area contributed by atoms with E-state index in [1.165, 1.54) is 0 Å². The van der Waals surface area contributed by atoms with Gasteiger partial charge in [0.25, 0.3) is 0 Å². The van der Waals surface area contributed by atoms with Gasteiger partial charge in [0.05, 0.1) is 0 Å². The Hall–Kier alpha value is -1.97. The van der Waals surface area contributed by atoms with E-state index in [-0.39, 0.29) is 0 Å². The Balaban J connectivity index is 0.000000238. The number of benzene rings is 2. The minimum atomic E-state index is -4.02. The largest absolute Gasteiger partial charge is 0.265 e. The van der Waals surface area contributed by atoms with E-state index in [0.717, 1.165) is 22.3 Å². The van der Waals surface area contributed by atoms with E-state index >= 15 is 0 Å². The Bertz CT molecular complexity index is 731. The first kappa shape index (κ1) is 16.9. The van der Waals surface area contributed by atoms with Crippen molar-refractivity contribution in [2.45, 2.75) is 9.12 Å². The van der Waals surface area contributed by atoms with Crippen molar-refractivity contribution in [3.8, 4) is 11.1 Å². The van der Waals surface area contributed by atoms with Gasteiger partial charge in [-0.1, -0.05) is 6.07 Å². The summed E-state index contributed by atoms with van der Waals surface area (Å²) in [6.45, 7) is 0. The summed E-state index contributed by atoms with van der Waals surface area (Å²) in [5.74, 6) is 0. The first-order chi connectivity index (χ1) is 11.6. The number of pyridine rings is 1. The minimum Gasteiger partial charge on any atom is -0.265 e. The topological polar surface area (TPSA) is 12.9 Å². The monoisotopic (exact) mass is 506 g/mol. The summed E-state index contributed by atoms with van der Waals surface area (Å²) in [5, 5.41) is 0. The molecular weight excluding hydrogens is 491 g/mol. The molecule has 0 aliphatic heterocycles. The van der Waals surface area contributed by atoms with E-state index in [2.05, 4.69) is 4.98 Å². The fourth-order valence-electron chi connectivity index (χ4n) is 2.60. The molecule has 3 aromatic rings. The van der Waals surface area contributed by atoms with Crippen molar-refractivity contribution < 1.29 is 30.9 Å². The number of hydrogen-bond donors (Lipinski definition) is 0. The second-order valence-electron chi connectivity index (χ2n) is 5.04. The molecule has 0 atom stereocenters. The number of alkyl halides is 3. The molecule has 0 spiro atoms. The number of hydrogen-bond acceptors (Lipinski definition) is 1. The minimum absolute atomic E-state index is 0.433. The summed E-state index contributed by atoms with van der Waals surface area (Å²) in [7, 11) is 0. The maximum atomic E-state index is 12.8. The number of nitrogens with zero attached hydrogens (tertiary/aromatic N) is 1. The van der Waals surface area contributed by atoms with Crippen molar-refractivity contribution in [3.63, 3.8) is 0 Å². The van der Waals surface area contributed by atoms with Gasteiger partial charge in [0.15, 0.2) is 0 Å². The van der Waals surface area contributed by atoms with Crippen LogP contribution in [0.1, 0.15) is 15.6 Å². The van der Waals surface area contributed by atoms with E-state index < -0.39 is 26.8 Å². The van der Waals surface area contributed by atoms with Crippen LogP contribution < -0.4 is 0 Å². The molecule has 4 rings (SSSR count). The van der Waals surface area contributed by atoms with Crippen LogP contribution in [0.15, 0.2) is 79.1 Å². The van der Waals surface area contributed by atoms with Crippen LogP contribution in [0.4, 0.5) is 13.2 Å². The summed E-state index contributed by atoms with van der Waals surface area (Å²) in [5.41, 5.74) is 3.62. The summed E-state index contributed by atoms with van der Waals surface area (Å²) in [6.07, 6.45) is 3.50. The Labute approximate surface area is 146 Å². The van der Waals surface area contributed by atoms with Crippen molar-refractivity contribution in [3.05, 3.63) is 90.3 Å². The van der Waals surface area contributed by atoms with Crippen LogP contribution >= 0.6 is 0 Å². The smallest absolute Gasteiger partial charge is 0.0267 e. The van der Waals surface area contributed by atoms with Crippen molar-refractivity contribution in [1.82, 2.24) is 4.98 Å². The van der Waals surface area contributed by atoms with Crippen molar-refractivity contribution >= 4 is 0 Å². The number of aromatic nitrogens is 1. The molecular formula is C19H14F3IrN. The third-order valence-corrected chi connectivity index (χ3v) is 6.47. The molecule has 24 heavy (non-hydrogen) atoms. The maximum Gasteiger partial charge on any atom is 0.0267 e. The zero-order valence-electron chi connectivity index (χ0n) is 12.5. The zero-order chi connectivity index (χ0) is 17.0. The van der Waals surface area contributed by atoms with Crippen molar-refractivity contribution in [2.75, 3.05) is 0 Å². The molecule has 0 unspecified atom stereocenters. The first-order valence-corrected chi connectivity index (χ1v) is 9.84. The SMILES string of the molecule is F[C](F)(F)[Ir][CH]1c2ccccc2-c2ccccc21.c1ccncc1. The quantitative estimate of drug-likeness (QED) is 0.429. The van der Waals surface area contributed by atoms with Crippen molar-refractivity contribution in [2.24, 2.45) is 0 Å². The molecule has 0 N–H and O–H groups in total. The summed E-state index contributed by atoms with van der Waals surface area (Å²) in [6, 6.07) is 20.6. The Morgan fingerprint density at radius 2 is 1.21 bits per heavy atom.